The van der Waals surface area contributed by atoms with E-state index in [-0.39, 0.29) is 5.91 Å². The fourth-order valence-electron chi connectivity index (χ4n) is 2.21. The molecule has 1 amide bonds. The molecule has 6 nitrogen and oxygen atoms in total. The van der Waals surface area contributed by atoms with Gasteiger partial charge in [-0.2, -0.15) is 0 Å². The van der Waals surface area contributed by atoms with Crippen LogP contribution in [0.5, 0.6) is 0 Å². The third-order valence-corrected chi connectivity index (χ3v) is 4.11. The summed E-state index contributed by atoms with van der Waals surface area (Å²) in [5.74, 6) is 1.27. The van der Waals surface area contributed by atoms with Gasteiger partial charge in [0.2, 0.25) is 5.91 Å². The molecule has 1 saturated heterocycles. The highest BCUT2D eigenvalue weighted by Gasteiger charge is 2.18. The lowest BCUT2D eigenvalue weighted by Crippen LogP contribution is -2.27. The molecule has 0 bridgehead atoms. The number of likely N-dealkylation sites (tertiary alicyclic amines) is 1. The summed E-state index contributed by atoms with van der Waals surface area (Å²) in [4.78, 5) is 18.0. The van der Waals surface area contributed by atoms with E-state index in [0.717, 1.165) is 25.9 Å². The Morgan fingerprint density at radius 3 is 2.90 bits per heavy atom. The van der Waals surface area contributed by atoms with Crippen molar-refractivity contribution in [3.63, 3.8) is 0 Å². The second kappa shape index (κ2) is 6.71. The first-order valence-electron chi connectivity index (χ1n) is 6.98. The van der Waals surface area contributed by atoms with Crippen molar-refractivity contribution in [3.8, 4) is 11.6 Å². The maximum absolute atomic E-state index is 11.9. The Labute approximate surface area is 127 Å². The number of hydrogen-bond donors (Lipinski definition) is 0. The van der Waals surface area contributed by atoms with Crippen LogP contribution in [-0.4, -0.2) is 44.8 Å². The van der Waals surface area contributed by atoms with E-state index in [4.69, 9.17) is 4.42 Å². The number of nitrogens with zero attached hydrogens (tertiary/aromatic N) is 4. The molecule has 2 aromatic heterocycles. The smallest absolute Gasteiger partial charge is 0.276 e. The van der Waals surface area contributed by atoms with Gasteiger partial charge < -0.3 is 9.32 Å². The van der Waals surface area contributed by atoms with Gasteiger partial charge in [-0.1, -0.05) is 17.8 Å². The maximum atomic E-state index is 11.9. The van der Waals surface area contributed by atoms with E-state index in [1.165, 1.54) is 11.8 Å². The van der Waals surface area contributed by atoms with Gasteiger partial charge in [-0.15, -0.1) is 10.2 Å². The Morgan fingerprint density at radius 1 is 1.29 bits per heavy atom. The Hall–Kier alpha value is -1.89. The molecule has 0 aliphatic carbocycles. The first kappa shape index (κ1) is 14.1. The summed E-state index contributed by atoms with van der Waals surface area (Å²) in [6.45, 7) is 1.79. The summed E-state index contributed by atoms with van der Waals surface area (Å²) < 4.78 is 5.53. The average Bonchev–Trinajstić information content (AvgIpc) is 3.20. The molecule has 0 atom stereocenters. The third-order valence-electron chi connectivity index (χ3n) is 3.29. The predicted molar refractivity (Wildman–Crippen MR) is 78.7 cm³/mol. The van der Waals surface area contributed by atoms with Crippen molar-refractivity contribution in [3.05, 3.63) is 24.4 Å². The lowest BCUT2D eigenvalue weighted by Gasteiger charge is -2.14. The number of rotatable bonds is 5. The molecule has 1 fully saturated rings. The molecular weight excluding hydrogens is 288 g/mol. The second-order valence-corrected chi connectivity index (χ2v) is 5.82. The molecule has 1 aliphatic heterocycles. The molecule has 3 heterocycles. The molecule has 0 spiro atoms. The average molecular weight is 304 g/mol. The molecule has 0 unspecified atom stereocenters. The maximum Gasteiger partial charge on any atom is 0.276 e. The summed E-state index contributed by atoms with van der Waals surface area (Å²) in [7, 11) is 0. The Kier molecular flexibility index (Phi) is 4.49. The molecule has 0 aromatic carbocycles. The fraction of sp³-hybridized carbons (Fsp3) is 0.429. The number of pyridine rings is 1. The van der Waals surface area contributed by atoms with Gasteiger partial charge in [0, 0.05) is 31.5 Å². The minimum Gasteiger partial charge on any atom is -0.410 e. The lowest BCUT2D eigenvalue weighted by atomic mass is 10.3. The van der Waals surface area contributed by atoms with E-state index < -0.39 is 0 Å². The van der Waals surface area contributed by atoms with Gasteiger partial charge in [-0.3, -0.25) is 9.78 Å². The van der Waals surface area contributed by atoms with Gasteiger partial charge in [-0.25, -0.2) is 0 Å². The zero-order valence-electron chi connectivity index (χ0n) is 11.6. The van der Waals surface area contributed by atoms with Crippen molar-refractivity contribution in [1.29, 1.82) is 0 Å². The van der Waals surface area contributed by atoms with E-state index in [9.17, 15) is 4.79 Å². The molecular formula is C14H16N4O2S. The summed E-state index contributed by atoms with van der Waals surface area (Å²) in [6, 6.07) is 5.52. The normalized spacial score (nSPS) is 14.6. The Balaban J connectivity index is 1.50. The summed E-state index contributed by atoms with van der Waals surface area (Å²) in [5, 5.41) is 8.41. The fourth-order valence-corrected chi connectivity index (χ4v) is 2.90. The van der Waals surface area contributed by atoms with Gasteiger partial charge >= 0.3 is 0 Å². The third kappa shape index (κ3) is 3.60. The van der Waals surface area contributed by atoms with Crippen molar-refractivity contribution < 1.29 is 9.21 Å². The van der Waals surface area contributed by atoms with Crippen LogP contribution in [0.4, 0.5) is 0 Å². The molecule has 0 saturated carbocycles. The highest BCUT2D eigenvalue weighted by atomic mass is 32.2. The SMILES string of the molecule is O=C(CCSc1nnc(-c2ccccn2)o1)N1CCCC1. The van der Waals surface area contributed by atoms with Crippen molar-refractivity contribution in [2.45, 2.75) is 24.5 Å². The summed E-state index contributed by atoms with van der Waals surface area (Å²) in [5.41, 5.74) is 0.657. The van der Waals surface area contributed by atoms with Gasteiger partial charge in [-0.05, 0) is 25.0 Å². The van der Waals surface area contributed by atoms with Gasteiger partial charge in [0.05, 0.1) is 0 Å². The van der Waals surface area contributed by atoms with Crippen LogP contribution in [0.3, 0.4) is 0 Å². The van der Waals surface area contributed by atoms with E-state index in [1.54, 1.807) is 6.20 Å². The zero-order chi connectivity index (χ0) is 14.5. The molecule has 0 N–H and O–H groups in total. The van der Waals surface area contributed by atoms with E-state index >= 15 is 0 Å². The number of hydrogen-bond acceptors (Lipinski definition) is 6. The van der Waals surface area contributed by atoms with E-state index in [1.807, 2.05) is 23.1 Å². The quantitative estimate of drug-likeness (QED) is 0.789. The minimum absolute atomic E-state index is 0.212. The molecule has 0 radical (unpaired) electrons. The Bertz CT molecular complexity index is 596. The predicted octanol–water partition coefficient (Wildman–Crippen LogP) is 2.24. The van der Waals surface area contributed by atoms with Crippen molar-refractivity contribution in [2.75, 3.05) is 18.8 Å². The number of thioether (sulfide) groups is 1. The molecule has 3 rings (SSSR count). The minimum atomic E-state index is 0.212. The number of amides is 1. The zero-order valence-corrected chi connectivity index (χ0v) is 12.4. The first-order chi connectivity index (χ1) is 10.3. The summed E-state index contributed by atoms with van der Waals surface area (Å²) >= 11 is 1.41. The van der Waals surface area contributed by atoms with Crippen LogP contribution in [0.25, 0.3) is 11.6 Å². The topological polar surface area (TPSA) is 72.1 Å². The molecule has 21 heavy (non-hydrogen) atoms. The van der Waals surface area contributed by atoms with E-state index in [0.29, 0.717) is 29.0 Å². The van der Waals surface area contributed by atoms with Gasteiger partial charge in [0.15, 0.2) is 0 Å². The molecule has 1 aliphatic rings. The van der Waals surface area contributed by atoms with Gasteiger partial charge in [0.25, 0.3) is 11.1 Å². The van der Waals surface area contributed by atoms with Crippen LogP contribution >= 0.6 is 11.8 Å². The number of aromatic nitrogens is 3. The monoisotopic (exact) mass is 304 g/mol. The molecule has 2 aromatic rings. The molecule has 110 valence electrons. The highest BCUT2D eigenvalue weighted by molar-refractivity contribution is 7.99. The highest BCUT2D eigenvalue weighted by Crippen LogP contribution is 2.22. The van der Waals surface area contributed by atoms with Crippen LogP contribution in [0.15, 0.2) is 34.0 Å². The molecule has 7 heteroatoms. The second-order valence-electron chi connectivity index (χ2n) is 4.77. The summed E-state index contributed by atoms with van der Waals surface area (Å²) in [6.07, 6.45) is 4.43. The van der Waals surface area contributed by atoms with E-state index in [2.05, 4.69) is 15.2 Å². The first-order valence-corrected chi connectivity index (χ1v) is 7.97. The van der Waals surface area contributed by atoms with Crippen molar-refractivity contribution in [2.24, 2.45) is 0 Å². The van der Waals surface area contributed by atoms with Crippen LogP contribution in [0, 0.1) is 0 Å². The van der Waals surface area contributed by atoms with Crippen molar-refractivity contribution >= 4 is 17.7 Å². The van der Waals surface area contributed by atoms with Crippen molar-refractivity contribution in [1.82, 2.24) is 20.1 Å². The van der Waals surface area contributed by atoms with Crippen LogP contribution in [0.2, 0.25) is 0 Å². The van der Waals surface area contributed by atoms with Gasteiger partial charge in [0.1, 0.15) is 5.69 Å². The Morgan fingerprint density at radius 2 is 2.14 bits per heavy atom. The standard InChI is InChI=1S/C14H16N4O2S/c19-12(18-8-3-4-9-18)6-10-21-14-17-16-13(20-14)11-5-1-2-7-15-11/h1-2,5,7H,3-4,6,8-10H2. The lowest BCUT2D eigenvalue weighted by molar-refractivity contribution is -0.129. The van der Waals surface area contributed by atoms with Crippen LogP contribution in [-0.2, 0) is 4.79 Å². The largest absolute Gasteiger partial charge is 0.410 e. The van der Waals surface area contributed by atoms with Crippen LogP contribution in [0.1, 0.15) is 19.3 Å². The number of carbonyl (C=O) groups is 1. The van der Waals surface area contributed by atoms with Crippen LogP contribution < -0.4 is 0 Å². The number of carbonyl (C=O) groups excluding carboxylic acids is 1.